The lowest BCUT2D eigenvalue weighted by Crippen LogP contribution is -2.21. The number of nitrogens with zero attached hydrogens (tertiary/aromatic N) is 3. The molecule has 7 heteroatoms. The van der Waals surface area contributed by atoms with Crippen molar-refractivity contribution >= 4 is 0 Å². The summed E-state index contributed by atoms with van der Waals surface area (Å²) in [5, 5.41) is 4.19. The number of alkyl halides is 3. The summed E-state index contributed by atoms with van der Waals surface area (Å²) in [6, 6.07) is 5.75. The SMILES string of the molecule is Cc1cc(CN(C)CCCCCn2cccn2)cc(C)c1OCC(F)(F)F. The number of hydrogen-bond donors (Lipinski definition) is 0. The fraction of sp³-hybridized carbons (Fsp3) is 0.550. The number of rotatable bonds is 10. The van der Waals surface area contributed by atoms with Crippen LogP contribution in [0, 0.1) is 13.8 Å². The molecule has 0 radical (unpaired) electrons. The molecule has 0 bridgehead atoms. The smallest absolute Gasteiger partial charge is 0.422 e. The summed E-state index contributed by atoms with van der Waals surface area (Å²) < 4.78 is 44.0. The fourth-order valence-electron chi connectivity index (χ4n) is 3.17. The largest absolute Gasteiger partial charge is 0.484 e. The number of halogens is 3. The zero-order valence-corrected chi connectivity index (χ0v) is 16.2. The van der Waals surface area contributed by atoms with E-state index in [0.717, 1.165) is 55.6 Å². The molecule has 0 atom stereocenters. The van der Waals surface area contributed by atoms with E-state index >= 15 is 0 Å². The van der Waals surface area contributed by atoms with Crippen LogP contribution < -0.4 is 4.74 Å². The van der Waals surface area contributed by atoms with Crippen LogP contribution in [-0.4, -0.2) is 41.1 Å². The van der Waals surface area contributed by atoms with Crippen molar-refractivity contribution in [1.29, 1.82) is 0 Å². The van der Waals surface area contributed by atoms with Crippen LogP contribution in [0.2, 0.25) is 0 Å². The molecule has 4 nitrogen and oxygen atoms in total. The zero-order chi connectivity index (χ0) is 19.9. The molecule has 2 aromatic rings. The lowest BCUT2D eigenvalue weighted by Gasteiger charge is -2.19. The van der Waals surface area contributed by atoms with E-state index in [4.69, 9.17) is 4.74 Å². The van der Waals surface area contributed by atoms with Crippen LogP contribution >= 0.6 is 0 Å². The maximum absolute atomic E-state index is 12.4. The van der Waals surface area contributed by atoms with E-state index in [1.54, 1.807) is 20.0 Å². The van der Waals surface area contributed by atoms with Gasteiger partial charge >= 0.3 is 6.18 Å². The molecule has 0 aliphatic heterocycles. The van der Waals surface area contributed by atoms with Crippen molar-refractivity contribution in [3.8, 4) is 5.75 Å². The van der Waals surface area contributed by atoms with Crippen molar-refractivity contribution < 1.29 is 17.9 Å². The number of aryl methyl sites for hydroxylation is 3. The lowest BCUT2D eigenvalue weighted by molar-refractivity contribution is -0.153. The summed E-state index contributed by atoms with van der Waals surface area (Å²) in [5.41, 5.74) is 2.56. The molecule has 27 heavy (non-hydrogen) atoms. The van der Waals surface area contributed by atoms with E-state index in [0.29, 0.717) is 5.75 Å². The molecule has 0 unspecified atom stereocenters. The first-order chi connectivity index (χ1) is 12.7. The Hall–Kier alpha value is -2.02. The average molecular weight is 383 g/mol. The predicted molar refractivity (Wildman–Crippen MR) is 99.9 cm³/mol. The summed E-state index contributed by atoms with van der Waals surface area (Å²) in [6.45, 7) is 5.00. The second kappa shape index (κ2) is 9.78. The highest BCUT2D eigenvalue weighted by Crippen LogP contribution is 2.27. The van der Waals surface area contributed by atoms with Gasteiger partial charge in [-0.3, -0.25) is 4.68 Å². The Labute approximate surface area is 158 Å². The predicted octanol–water partition coefficient (Wildman–Crippen LogP) is 4.74. The molecule has 0 spiro atoms. The lowest BCUT2D eigenvalue weighted by atomic mass is 10.1. The third-order valence-electron chi connectivity index (χ3n) is 4.34. The van der Waals surface area contributed by atoms with Crippen molar-refractivity contribution in [1.82, 2.24) is 14.7 Å². The van der Waals surface area contributed by atoms with Crippen molar-refractivity contribution in [2.75, 3.05) is 20.2 Å². The van der Waals surface area contributed by atoms with Crippen molar-refractivity contribution in [2.45, 2.75) is 52.4 Å². The molecular formula is C20H28F3N3O. The standard InChI is InChI=1S/C20H28F3N3O/c1-16-12-18(13-17(2)19(16)27-15-20(21,22)23)14-25(3)9-5-4-6-10-26-11-7-8-24-26/h7-8,11-13H,4-6,9-10,14-15H2,1-3H3. The van der Waals surface area contributed by atoms with E-state index < -0.39 is 12.8 Å². The second-order valence-electron chi connectivity index (χ2n) is 7.03. The van der Waals surface area contributed by atoms with Gasteiger partial charge in [0, 0.05) is 25.5 Å². The van der Waals surface area contributed by atoms with E-state index in [9.17, 15) is 13.2 Å². The number of ether oxygens (including phenoxy) is 1. The third-order valence-corrected chi connectivity index (χ3v) is 4.34. The van der Waals surface area contributed by atoms with Gasteiger partial charge in [-0.25, -0.2) is 0 Å². The first kappa shape index (κ1) is 21.3. The van der Waals surface area contributed by atoms with E-state index in [1.165, 1.54) is 0 Å². The van der Waals surface area contributed by atoms with Crippen LogP contribution in [-0.2, 0) is 13.1 Å². The quantitative estimate of drug-likeness (QED) is 0.555. The summed E-state index contributed by atoms with van der Waals surface area (Å²) in [4.78, 5) is 2.23. The van der Waals surface area contributed by atoms with Crippen LogP contribution in [0.3, 0.4) is 0 Å². The van der Waals surface area contributed by atoms with Crippen LogP contribution in [0.15, 0.2) is 30.6 Å². The van der Waals surface area contributed by atoms with Gasteiger partial charge in [0.15, 0.2) is 6.61 Å². The highest BCUT2D eigenvalue weighted by molar-refractivity contribution is 5.43. The Morgan fingerprint density at radius 2 is 1.81 bits per heavy atom. The van der Waals surface area contributed by atoms with Gasteiger partial charge in [-0.1, -0.05) is 18.6 Å². The third kappa shape index (κ3) is 7.62. The molecule has 0 saturated carbocycles. The van der Waals surface area contributed by atoms with Gasteiger partial charge in [0.25, 0.3) is 0 Å². The first-order valence-electron chi connectivity index (χ1n) is 9.20. The van der Waals surface area contributed by atoms with Crippen molar-refractivity contribution in [2.24, 2.45) is 0 Å². The van der Waals surface area contributed by atoms with Gasteiger partial charge in [0.1, 0.15) is 5.75 Å². The van der Waals surface area contributed by atoms with Gasteiger partial charge < -0.3 is 9.64 Å². The Morgan fingerprint density at radius 1 is 1.11 bits per heavy atom. The maximum atomic E-state index is 12.4. The average Bonchev–Trinajstić information content (AvgIpc) is 3.06. The summed E-state index contributed by atoms with van der Waals surface area (Å²) in [6.07, 6.45) is 2.76. The molecule has 0 N–H and O–H groups in total. The highest BCUT2D eigenvalue weighted by Gasteiger charge is 2.29. The minimum absolute atomic E-state index is 0.331. The maximum Gasteiger partial charge on any atom is 0.422 e. The van der Waals surface area contributed by atoms with Crippen LogP contribution in [0.4, 0.5) is 13.2 Å². The molecule has 1 aromatic heterocycles. The Balaban J connectivity index is 1.76. The van der Waals surface area contributed by atoms with Gasteiger partial charge in [-0.05, 0) is 63.0 Å². The Morgan fingerprint density at radius 3 is 2.41 bits per heavy atom. The summed E-state index contributed by atoms with van der Waals surface area (Å²) in [5.74, 6) is 0.331. The van der Waals surface area contributed by atoms with Gasteiger partial charge in [-0.2, -0.15) is 18.3 Å². The Kier molecular flexibility index (Phi) is 7.71. The molecule has 0 saturated heterocycles. The van der Waals surface area contributed by atoms with Crippen molar-refractivity contribution in [3.05, 3.63) is 47.3 Å². The molecule has 0 amide bonds. The van der Waals surface area contributed by atoms with Crippen LogP contribution in [0.25, 0.3) is 0 Å². The fourth-order valence-corrected chi connectivity index (χ4v) is 3.17. The minimum Gasteiger partial charge on any atom is -0.484 e. The van der Waals surface area contributed by atoms with Gasteiger partial charge in [0.2, 0.25) is 0 Å². The van der Waals surface area contributed by atoms with Crippen molar-refractivity contribution in [3.63, 3.8) is 0 Å². The summed E-state index contributed by atoms with van der Waals surface area (Å²) in [7, 11) is 2.06. The number of unbranched alkanes of at least 4 members (excludes halogenated alkanes) is 2. The number of aromatic nitrogens is 2. The molecule has 2 rings (SSSR count). The minimum atomic E-state index is -4.32. The van der Waals surface area contributed by atoms with Crippen LogP contribution in [0.5, 0.6) is 5.75 Å². The molecule has 0 aliphatic rings. The molecule has 1 aromatic carbocycles. The monoisotopic (exact) mass is 383 g/mol. The Bertz CT molecular complexity index is 676. The molecule has 1 heterocycles. The zero-order valence-electron chi connectivity index (χ0n) is 16.2. The number of hydrogen-bond acceptors (Lipinski definition) is 3. The van der Waals surface area contributed by atoms with E-state index in [-0.39, 0.29) is 0 Å². The summed E-state index contributed by atoms with van der Waals surface area (Å²) >= 11 is 0. The van der Waals surface area contributed by atoms with Gasteiger partial charge in [-0.15, -0.1) is 0 Å². The molecular weight excluding hydrogens is 355 g/mol. The molecule has 150 valence electrons. The normalized spacial score (nSPS) is 12.0. The number of benzene rings is 1. The highest BCUT2D eigenvalue weighted by atomic mass is 19.4. The molecule has 0 aliphatic carbocycles. The van der Waals surface area contributed by atoms with E-state index in [1.807, 2.05) is 29.1 Å². The molecule has 0 fully saturated rings. The first-order valence-corrected chi connectivity index (χ1v) is 9.20. The van der Waals surface area contributed by atoms with Crippen LogP contribution in [0.1, 0.15) is 36.0 Å². The van der Waals surface area contributed by atoms with E-state index in [2.05, 4.69) is 17.0 Å². The second-order valence-corrected chi connectivity index (χ2v) is 7.03. The topological polar surface area (TPSA) is 30.3 Å². The van der Waals surface area contributed by atoms with Gasteiger partial charge in [0.05, 0.1) is 0 Å².